The number of benzene rings is 2. The van der Waals surface area contributed by atoms with Crippen LogP contribution in [0.15, 0.2) is 48.5 Å². The molecule has 7 nitrogen and oxygen atoms in total. The molecule has 0 aromatic heterocycles. The average Bonchev–Trinajstić information content (AvgIpc) is 3.19. The van der Waals surface area contributed by atoms with E-state index in [1.165, 1.54) is 5.56 Å². The maximum atomic E-state index is 13.2. The molecule has 0 radical (unpaired) electrons. The van der Waals surface area contributed by atoms with Crippen LogP contribution in [-0.2, 0) is 13.0 Å². The number of hydroxylamine groups is 1. The zero-order chi connectivity index (χ0) is 21.3. The summed E-state index contributed by atoms with van der Waals surface area (Å²) in [6.45, 7) is 7.18. The molecule has 1 fully saturated rings. The predicted octanol–water partition coefficient (Wildman–Crippen LogP) is 2.88. The van der Waals surface area contributed by atoms with Crippen molar-refractivity contribution >= 4 is 17.6 Å². The van der Waals surface area contributed by atoms with Crippen molar-refractivity contribution in [3.8, 4) is 0 Å². The van der Waals surface area contributed by atoms with Crippen LogP contribution in [0.4, 0.5) is 10.5 Å². The van der Waals surface area contributed by atoms with Crippen molar-refractivity contribution in [1.29, 1.82) is 0 Å². The Hall–Kier alpha value is -2.90. The van der Waals surface area contributed by atoms with E-state index in [1.54, 1.807) is 17.6 Å². The number of nitrogens with zero attached hydrogens (tertiary/aromatic N) is 3. The highest BCUT2D eigenvalue weighted by molar-refractivity contribution is 5.94. The minimum Gasteiger partial charge on any atom is -0.321 e. The van der Waals surface area contributed by atoms with Crippen LogP contribution in [0.1, 0.15) is 35.3 Å². The molecule has 2 aromatic rings. The Balaban J connectivity index is 1.41. The molecule has 3 amide bonds. The van der Waals surface area contributed by atoms with Crippen molar-refractivity contribution in [2.24, 2.45) is 0 Å². The van der Waals surface area contributed by atoms with Crippen molar-refractivity contribution in [1.82, 2.24) is 15.3 Å². The van der Waals surface area contributed by atoms with Crippen LogP contribution in [0, 0.1) is 0 Å². The second-order valence-corrected chi connectivity index (χ2v) is 8.23. The SMILES string of the molecule is C[C@@H]1CN(C(=O)N2CCc3ccccc32)C[C@H](C)N1Cc1ccc(C(=O)NO)cc1. The van der Waals surface area contributed by atoms with E-state index in [2.05, 4.69) is 24.8 Å². The first-order valence-corrected chi connectivity index (χ1v) is 10.4. The molecule has 0 spiro atoms. The lowest BCUT2D eigenvalue weighted by Crippen LogP contribution is -2.59. The van der Waals surface area contributed by atoms with Gasteiger partial charge in [-0.1, -0.05) is 30.3 Å². The largest absolute Gasteiger partial charge is 0.324 e. The smallest absolute Gasteiger partial charge is 0.321 e. The molecule has 30 heavy (non-hydrogen) atoms. The number of amides is 3. The quantitative estimate of drug-likeness (QED) is 0.605. The van der Waals surface area contributed by atoms with Gasteiger partial charge in [-0.2, -0.15) is 0 Å². The number of urea groups is 1. The number of fused-ring (bicyclic) bond motifs is 1. The van der Waals surface area contributed by atoms with Crippen LogP contribution in [0.25, 0.3) is 0 Å². The summed E-state index contributed by atoms with van der Waals surface area (Å²) in [6, 6.07) is 15.9. The minimum absolute atomic E-state index is 0.0951. The number of para-hydroxylation sites is 1. The highest BCUT2D eigenvalue weighted by Crippen LogP contribution is 2.29. The molecule has 158 valence electrons. The van der Waals surface area contributed by atoms with Gasteiger partial charge >= 0.3 is 6.03 Å². The van der Waals surface area contributed by atoms with E-state index < -0.39 is 5.91 Å². The summed E-state index contributed by atoms with van der Waals surface area (Å²) in [5.74, 6) is -0.515. The fourth-order valence-electron chi connectivity index (χ4n) is 4.57. The molecule has 0 unspecified atom stereocenters. The molecule has 0 saturated carbocycles. The number of piperazine rings is 1. The van der Waals surface area contributed by atoms with Crippen molar-refractivity contribution in [2.45, 2.75) is 38.9 Å². The Morgan fingerprint density at radius 1 is 1.03 bits per heavy atom. The van der Waals surface area contributed by atoms with E-state index in [-0.39, 0.29) is 18.1 Å². The summed E-state index contributed by atoms with van der Waals surface area (Å²) in [5, 5.41) is 8.75. The van der Waals surface area contributed by atoms with Gasteiger partial charge in [0.05, 0.1) is 0 Å². The fraction of sp³-hybridized carbons (Fsp3) is 0.391. The molecule has 2 aliphatic heterocycles. The molecule has 2 aromatic carbocycles. The first-order valence-electron chi connectivity index (χ1n) is 10.4. The van der Waals surface area contributed by atoms with Crippen LogP contribution in [0.2, 0.25) is 0 Å². The number of carbonyl (C=O) groups is 2. The maximum Gasteiger partial charge on any atom is 0.324 e. The number of hydrogen-bond donors (Lipinski definition) is 2. The molecule has 2 aliphatic rings. The van der Waals surface area contributed by atoms with Gasteiger partial charge in [-0.25, -0.2) is 10.3 Å². The van der Waals surface area contributed by atoms with Crippen LogP contribution >= 0.6 is 0 Å². The second-order valence-electron chi connectivity index (χ2n) is 8.23. The molecule has 2 atom stereocenters. The summed E-state index contributed by atoms with van der Waals surface area (Å²) >= 11 is 0. The molecular weight excluding hydrogens is 380 g/mol. The normalized spacial score (nSPS) is 21.4. The third kappa shape index (κ3) is 3.91. The zero-order valence-corrected chi connectivity index (χ0v) is 17.4. The predicted molar refractivity (Wildman–Crippen MR) is 115 cm³/mol. The lowest BCUT2D eigenvalue weighted by Gasteiger charge is -2.45. The molecule has 7 heteroatoms. The number of anilines is 1. The monoisotopic (exact) mass is 408 g/mol. The third-order valence-electron chi connectivity index (χ3n) is 6.17. The zero-order valence-electron chi connectivity index (χ0n) is 17.4. The van der Waals surface area contributed by atoms with E-state index in [0.29, 0.717) is 18.7 Å². The summed E-state index contributed by atoms with van der Waals surface area (Å²) in [6.07, 6.45) is 0.914. The van der Waals surface area contributed by atoms with E-state index in [9.17, 15) is 9.59 Å². The highest BCUT2D eigenvalue weighted by atomic mass is 16.5. The third-order valence-corrected chi connectivity index (χ3v) is 6.17. The van der Waals surface area contributed by atoms with E-state index in [0.717, 1.165) is 30.8 Å². The van der Waals surface area contributed by atoms with Crippen molar-refractivity contribution in [3.05, 3.63) is 65.2 Å². The van der Waals surface area contributed by atoms with Crippen molar-refractivity contribution in [2.75, 3.05) is 24.5 Å². The Morgan fingerprint density at radius 3 is 2.37 bits per heavy atom. The number of rotatable bonds is 3. The minimum atomic E-state index is -0.515. The summed E-state index contributed by atoms with van der Waals surface area (Å²) in [4.78, 5) is 31.0. The lowest BCUT2D eigenvalue weighted by molar-refractivity contribution is 0.0510. The first-order chi connectivity index (χ1) is 14.5. The van der Waals surface area contributed by atoms with Crippen LogP contribution in [0.5, 0.6) is 0 Å². The maximum absolute atomic E-state index is 13.2. The van der Waals surface area contributed by atoms with Crippen LogP contribution < -0.4 is 10.4 Å². The van der Waals surface area contributed by atoms with Crippen molar-refractivity contribution < 1.29 is 14.8 Å². The average molecular weight is 409 g/mol. The molecule has 2 heterocycles. The van der Waals surface area contributed by atoms with Gasteiger partial charge in [0.2, 0.25) is 0 Å². The highest BCUT2D eigenvalue weighted by Gasteiger charge is 2.35. The number of carbonyl (C=O) groups excluding carboxylic acids is 2. The van der Waals surface area contributed by atoms with Gasteiger partial charge in [-0.15, -0.1) is 0 Å². The van der Waals surface area contributed by atoms with Gasteiger partial charge < -0.3 is 4.90 Å². The van der Waals surface area contributed by atoms with Gasteiger partial charge in [0.15, 0.2) is 0 Å². The Kier molecular flexibility index (Phi) is 5.74. The van der Waals surface area contributed by atoms with Crippen LogP contribution in [-0.4, -0.2) is 58.7 Å². The molecular formula is C23H28N4O3. The fourth-order valence-corrected chi connectivity index (χ4v) is 4.57. The van der Waals surface area contributed by atoms with Gasteiger partial charge in [0.25, 0.3) is 5.91 Å². The van der Waals surface area contributed by atoms with Gasteiger partial charge in [0, 0.05) is 49.5 Å². The lowest BCUT2D eigenvalue weighted by atomic mass is 10.1. The molecule has 0 bridgehead atoms. The van der Waals surface area contributed by atoms with Crippen LogP contribution in [0.3, 0.4) is 0 Å². The molecule has 0 aliphatic carbocycles. The topological polar surface area (TPSA) is 76.1 Å². The summed E-state index contributed by atoms with van der Waals surface area (Å²) < 4.78 is 0. The van der Waals surface area contributed by atoms with Gasteiger partial charge in [0.1, 0.15) is 0 Å². The first kappa shape index (κ1) is 20.4. The summed E-state index contributed by atoms with van der Waals surface area (Å²) in [7, 11) is 0. The van der Waals surface area contributed by atoms with Crippen molar-refractivity contribution in [3.63, 3.8) is 0 Å². The number of nitrogens with one attached hydrogen (secondary N) is 1. The molecule has 1 saturated heterocycles. The standard InChI is InChI=1S/C23H28N4O3/c1-16-13-25(23(29)26-12-11-19-5-3-4-6-21(19)26)14-17(2)27(16)15-18-7-9-20(10-8-18)22(28)24-30/h3-10,16-17,30H,11-15H2,1-2H3,(H,24,28)/t16-,17+. The summed E-state index contributed by atoms with van der Waals surface area (Å²) in [5.41, 5.74) is 5.44. The Bertz CT molecular complexity index is 918. The molecule has 4 rings (SSSR count). The Morgan fingerprint density at radius 2 is 1.70 bits per heavy atom. The number of hydrogen-bond acceptors (Lipinski definition) is 4. The van der Waals surface area contributed by atoms with Gasteiger partial charge in [-0.3, -0.25) is 19.8 Å². The van der Waals surface area contributed by atoms with E-state index in [4.69, 9.17) is 5.21 Å². The van der Waals surface area contributed by atoms with E-state index >= 15 is 0 Å². The molecule has 2 N–H and O–H groups in total. The van der Waals surface area contributed by atoms with Gasteiger partial charge in [-0.05, 0) is 49.6 Å². The van der Waals surface area contributed by atoms with E-state index in [1.807, 2.05) is 40.1 Å². The second kappa shape index (κ2) is 8.45. The Labute approximate surface area is 176 Å².